The van der Waals surface area contributed by atoms with Crippen molar-refractivity contribution in [2.75, 3.05) is 19.8 Å². The zero-order valence-corrected chi connectivity index (χ0v) is 8.87. The molecule has 1 saturated heterocycles. The van der Waals surface area contributed by atoms with Gasteiger partial charge in [-0.2, -0.15) is 0 Å². The Balaban J connectivity index is 1.69. The number of rotatable bonds is 2. The van der Waals surface area contributed by atoms with Crippen molar-refractivity contribution in [1.82, 2.24) is 25.1 Å². The Kier molecular flexibility index (Phi) is 2.13. The smallest absolute Gasteiger partial charge is 0.245 e. The van der Waals surface area contributed by atoms with Gasteiger partial charge in [0, 0.05) is 6.54 Å². The van der Waals surface area contributed by atoms with Gasteiger partial charge in [-0.05, 0) is 23.3 Å². The Labute approximate surface area is 92.4 Å². The predicted octanol–water partition coefficient (Wildman–Crippen LogP) is -0.935. The van der Waals surface area contributed by atoms with Gasteiger partial charge in [0.05, 0.1) is 18.8 Å². The van der Waals surface area contributed by atoms with E-state index in [-0.39, 0.29) is 18.0 Å². The molecule has 1 aromatic rings. The van der Waals surface area contributed by atoms with Gasteiger partial charge in [0.25, 0.3) is 0 Å². The van der Waals surface area contributed by atoms with E-state index in [1.807, 2.05) is 4.90 Å². The number of tetrazole rings is 1. The Morgan fingerprint density at radius 2 is 2.38 bits per heavy atom. The molecule has 1 spiro atoms. The maximum Gasteiger partial charge on any atom is 0.245 e. The van der Waals surface area contributed by atoms with Crippen molar-refractivity contribution in [3.63, 3.8) is 0 Å². The van der Waals surface area contributed by atoms with Crippen LogP contribution in [0.5, 0.6) is 0 Å². The summed E-state index contributed by atoms with van der Waals surface area (Å²) in [5, 5.41) is 10.7. The zero-order chi connectivity index (χ0) is 11.0. The molecule has 0 radical (unpaired) electrons. The van der Waals surface area contributed by atoms with Crippen LogP contribution >= 0.6 is 0 Å². The van der Waals surface area contributed by atoms with Crippen LogP contribution in [-0.4, -0.2) is 56.3 Å². The number of ether oxygens (including phenoxy) is 1. The fraction of sp³-hybridized carbons (Fsp3) is 0.778. The van der Waals surface area contributed by atoms with Gasteiger partial charge in [-0.25, -0.2) is 4.68 Å². The number of carbonyl (C=O) groups is 1. The van der Waals surface area contributed by atoms with E-state index in [0.29, 0.717) is 19.8 Å². The van der Waals surface area contributed by atoms with E-state index in [1.54, 1.807) is 0 Å². The fourth-order valence-electron chi connectivity index (χ4n) is 2.16. The van der Waals surface area contributed by atoms with Gasteiger partial charge in [0.2, 0.25) is 5.91 Å². The average Bonchev–Trinajstić information content (AvgIpc) is 2.86. The Bertz CT molecular complexity index is 387. The first kappa shape index (κ1) is 9.71. The molecular formula is C9H13N5O2. The lowest BCUT2D eigenvalue weighted by Gasteiger charge is -2.36. The van der Waals surface area contributed by atoms with Gasteiger partial charge in [0.15, 0.2) is 0 Å². The highest BCUT2D eigenvalue weighted by molar-refractivity contribution is 5.77. The molecule has 2 fully saturated rings. The highest BCUT2D eigenvalue weighted by atomic mass is 16.5. The maximum atomic E-state index is 12.1. The molecule has 7 nitrogen and oxygen atoms in total. The van der Waals surface area contributed by atoms with Crippen molar-refractivity contribution in [2.45, 2.75) is 24.9 Å². The number of hydrogen-bond acceptors (Lipinski definition) is 5. The highest BCUT2D eigenvalue weighted by Crippen LogP contribution is 2.43. The van der Waals surface area contributed by atoms with Crippen LogP contribution in [-0.2, 0) is 16.1 Å². The van der Waals surface area contributed by atoms with Crippen LogP contribution in [0.2, 0.25) is 0 Å². The number of morpholine rings is 1. The van der Waals surface area contributed by atoms with E-state index in [4.69, 9.17) is 4.74 Å². The lowest BCUT2D eigenvalue weighted by molar-refractivity contribution is -0.142. The molecule has 1 aliphatic heterocycles. The van der Waals surface area contributed by atoms with Gasteiger partial charge in [0.1, 0.15) is 12.9 Å². The third kappa shape index (κ3) is 1.57. The molecule has 1 aliphatic carbocycles. The molecule has 2 aliphatic rings. The van der Waals surface area contributed by atoms with Crippen molar-refractivity contribution < 1.29 is 9.53 Å². The molecule has 16 heavy (non-hydrogen) atoms. The molecule has 0 atom stereocenters. The molecular weight excluding hydrogens is 210 g/mol. The molecule has 3 rings (SSSR count). The molecule has 1 aromatic heterocycles. The van der Waals surface area contributed by atoms with Crippen LogP contribution in [0.4, 0.5) is 0 Å². The summed E-state index contributed by atoms with van der Waals surface area (Å²) >= 11 is 0. The van der Waals surface area contributed by atoms with Crippen LogP contribution in [0, 0.1) is 0 Å². The minimum atomic E-state index is -0.0106. The molecule has 2 heterocycles. The summed E-state index contributed by atoms with van der Waals surface area (Å²) in [4.78, 5) is 14.0. The minimum Gasteiger partial charge on any atom is -0.377 e. The lowest BCUT2D eigenvalue weighted by atomic mass is 10.2. The second-order valence-corrected chi connectivity index (χ2v) is 4.33. The summed E-state index contributed by atoms with van der Waals surface area (Å²) in [6.45, 7) is 2.20. The SMILES string of the molecule is O=C(Cn1cnnn1)N1CCOCC12CC2. The number of carbonyl (C=O) groups excluding carboxylic acids is 1. The number of aromatic nitrogens is 4. The van der Waals surface area contributed by atoms with E-state index in [0.717, 1.165) is 12.8 Å². The van der Waals surface area contributed by atoms with Crippen molar-refractivity contribution in [1.29, 1.82) is 0 Å². The molecule has 1 saturated carbocycles. The quantitative estimate of drug-likeness (QED) is 0.647. The first-order valence-electron chi connectivity index (χ1n) is 5.39. The Hall–Kier alpha value is -1.50. The summed E-state index contributed by atoms with van der Waals surface area (Å²) in [5.41, 5.74) is -0.0106. The highest BCUT2D eigenvalue weighted by Gasteiger charge is 2.51. The van der Waals surface area contributed by atoms with Crippen LogP contribution in [0.25, 0.3) is 0 Å². The van der Waals surface area contributed by atoms with Crippen LogP contribution < -0.4 is 0 Å². The van der Waals surface area contributed by atoms with Gasteiger partial charge >= 0.3 is 0 Å². The predicted molar refractivity (Wildman–Crippen MR) is 52.3 cm³/mol. The topological polar surface area (TPSA) is 73.1 Å². The van der Waals surface area contributed by atoms with Crippen molar-refractivity contribution >= 4 is 5.91 Å². The first-order valence-corrected chi connectivity index (χ1v) is 5.39. The third-order valence-electron chi connectivity index (χ3n) is 3.22. The van der Waals surface area contributed by atoms with Crippen LogP contribution in [0.3, 0.4) is 0 Å². The van der Waals surface area contributed by atoms with Crippen molar-refractivity contribution in [3.05, 3.63) is 6.33 Å². The monoisotopic (exact) mass is 223 g/mol. The van der Waals surface area contributed by atoms with E-state index in [9.17, 15) is 4.79 Å². The van der Waals surface area contributed by atoms with Crippen LogP contribution in [0.1, 0.15) is 12.8 Å². The van der Waals surface area contributed by atoms with E-state index in [1.165, 1.54) is 11.0 Å². The molecule has 0 N–H and O–H groups in total. The number of nitrogens with zero attached hydrogens (tertiary/aromatic N) is 5. The van der Waals surface area contributed by atoms with E-state index < -0.39 is 0 Å². The summed E-state index contributed by atoms with van der Waals surface area (Å²) in [6.07, 6.45) is 3.56. The van der Waals surface area contributed by atoms with Crippen molar-refractivity contribution in [3.8, 4) is 0 Å². The normalized spacial score (nSPS) is 22.4. The Morgan fingerprint density at radius 3 is 3.06 bits per heavy atom. The summed E-state index contributed by atoms with van der Waals surface area (Å²) in [5.74, 6) is 0.0769. The van der Waals surface area contributed by atoms with E-state index >= 15 is 0 Å². The average molecular weight is 223 g/mol. The molecule has 0 bridgehead atoms. The van der Waals surface area contributed by atoms with Gasteiger partial charge in [-0.15, -0.1) is 5.10 Å². The second kappa shape index (κ2) is 3.51. The molecule has 7 heteroatoms. The molecule has 1 amide bonds. The van der Waals surface area contributed by atoms with Crippen molar-refractivity contribution in [2.24, 2.45) is 0 Å². The summed E-state index contributed by atoms with van der Waals surface area (Å²) in [6, 6.07) is 0. The molecule has 0 aromatic carbocycles. The third-order valence-corrected chi connectivity index (χ3v) is 3.22. The standard InChI is InChI=1S/C9H13N5O2/c15-8(5-13-7-10-11-12-13)14-3-4-16-6-9(14)1-2-9/h7H,1-6H2. The zero-order valence-electron chi connectivity index (χ0n) is 8.87. The van der Waals surface area contributed by atoms with Gasteiger partial charge in [-0.3, -0.25) is 4.79 Å². The van der Waals surface area contributed by atoms with Crippen LogP contribution in [0.15, 0.2) is 6.33 Å². The Morgan fingerprint density at radius 1 is 1.50 bits per heavy atom. The molecule has 86 valence electrons. The number of amides is 1. The van der Waals surface area contributed by atoms with E-state index in [2.05, 4.69) is 15.5 Å². The lowest BCUT2D eigenvalue weighted by Crippen LogP contribution is -2.51. The fourth-order valence-corrected chi connectivity index (χ4v) is 2.16. The molecule has 0 unspecified atom stereocenters. The van der Waals surface area contributed by atoms with Gasteiger partial charge < -0.3 is 9.64 Å². The number of hydrogen-bond donors (Lipinski definition) is 0. The minimum absolute atomic E-state index is 0.0106. The van der Waals surface area contributed by atoms with Gasteiger partial charge in [-0.1, -0.05) is 0 Å². The summed E-state index contributed by atoms with van der Waals surface area (Å²) in [7, 11) is 0. The second-order valence-electron chi connectivity index (χ2n) is 4.33. The maximum absolute atomic E-state index is 12.1. The summed E-state index contributed by atoms with van der Waals surface area (Å²) < 4.78 is 6.87. The first-order chi connectivity index (χ1) is 7.80. The largest absolute Gasteiger partial charge is 0.377 e.